The summed E-state index contributed by atoms with van der Waals surface area (Å²) in [6, 6.07) is 2.70. The van der Waals surface area contributed by atoms with Gasteiger partial charge in [0.2, 0.25) is 10.0 Å². The molecule has 0 radical (unpaired) electrons. The molecule has 0 aromatic heterocycles. The van der Waals surface area contributed by atoms with Crippen LogP contribution in [0.2, 0.25) is 10.0 Å². The van der Waals surface area contributed by atoms with Gasteiger partial charge in [0.1, 0.15) is 4.90 Å². The fraction of sp³-hybridized carbons (Fsp3) is 0.333. The lowest BCUT2D eigenvalue weighted by Crippen LogP contribution is -2.34. The van der Waals surface area contributed by atoms with Crippen molar-refractivity contribution in [2.75, 3.05) is 32.5 Å². The number of methoxy groups -OCH3 is 1. The molecular formula is C12H16Cl2N2O3S. The predicted octanol–water partition coefficient (Wildman–Crippen LogP) is 2.40. The number of rotatable bonds is 7. The largest absolute Gasteiger partial charge is 0.399 e. The lowest BCUT2D eigenvalue weighted by molar-refractivity contribution is 0.182. The molecule has 1 rings (SSSR count). The standard InChI is InChI=1S/C12H16Cl2N2O3S/c1-3-4-16(5-6-19-2)20(17,18)12-10(13)7-9(15)8-11(12)14/h3,7-8H,1,4-6,15H2,2H3. The summed E-state index contributed by atoms with van der Waals surface area (Å²) in [5.74, 6) is 0. The molecule has 0 amide bonds. The van der Waals surface area contributed by atoms with Gasteiger partial charge in [0, 0.05) is 25.9 Å². The van der Waals surface area contributed by atoms with Crippen LogP contribution in [0.4, 0.5) is 5.69 Å². The Hall–Kier alpha value is -0.790. The zero-order chi connectivity index (χ0) is 15.3. The zero-order valence-corrected chi connectivity index (χ0v) is 13.3. The summed E-state index contributed by atoms with van der Waals surface area (Å²) >= 11 is 11.9. The fourth-order valence-electron chi connectivity index (χ4n) is 1.60. The molecule has 0 fully saturated rings. The number of nitrogens with two attached hydrogens (primary N) is 1. The predicted molar refractivity (Wildman–Crippen MR) is 81.7 cm³/mol. The molecular weight excluding hydrogens is 323 g/mol. The third kappa shape index (κ3) is 3.86. The van der Waals surface area contributed by atoms with Gasteiger partial charge in [-0.2, -0.15) is 4.31 Å². The summed E-state index contributed by atoms with van der Waals surface area (Å²) in [7, 11) is -2.36. The van der Waals surface area contributed by atoms with Crippen LogP contribution < -0.4 is 5.73 Å². The van der Waals surface area contributed by atoms with Crippen LogP contribution in [-0.4, -0.2) is 39.5 Å². The first kappa shape index (κ1) is 17.3. The highest BCUT2D eigenvalue weighted by Crippen LogP contribution is 2.33. The van der Waals surface area contributed by atoms with Crippen LogP contribution in [0.5, 0.6) is 0 Å². The van der Waals surface area contributed by atoms with Crippen LogP contribution in [0, 0.1) is 0 Å². The van der Waals surface area contributed by atoms with Gasteiger partial charge in [-0.1, -0.05) is 29.3 Å². The van der Waals surface area contributed by atoms with Crippen molar-refractivity contribution in [1.82, 2.24) is 4.31 Å². The van der Waals surface area contributed by atoms with E-state index in [0.29, 0.717) is 5.69 Å². The Morgan fingerprint density at radius 3 is 2.40 bits per heavy atom. The maximum absolute atomic E-state index is 12.6. The van der Waals surface area contributed by atoms with Crippen LogP contribution in [0.1, 0.15) is 0 Å². The lowest BCUT2D eigenvalue weighted by Gasteiger charge is -2.21. The number of halogens is 2. The lowest BCUT2D eigenvalue weighted by atomic mass is 10.3. The van der Waals surface area contributed by atoms with Crippen LogP contribution in [0.25, 0.3) is 0 Å². The van der Waals surface area contributed by atoms with E-state index in [1.54, 1.807) is 0 Å². The van der Waals surface area contributed by atoms with Crippen molar-refractivity contribution in [3.63, 3.8) is 0 Å². The zero-order valence-electron chi connectivity index (χ0n) is 11.0. The number of hydrogen-bond acceptors (Lipinski definition) is 4. The molecule has 1 aromatic carbocycles. The number of anilines is 1. The van der Waals surface area contributed by atoms with Crippen LogP contribution in [-0.2, 0) is 14.8 Å². The van der Waals surface area contributed by atoms with Crippen LogP contribution in [0.15, 0.2) is 29.7 Å². The maximum atomic E-state index is 12.6. The summed E-state index contributed by atoms with van der Waals surface area (Å²) in [6.45, 7) is 4.09. The van der Waals surface area contributed by atoms with Crippen molar-refractivity contribution in [2.24, 2.45) is 0 Å². The molecule has 20 heavy (non-hydrogen) atoms. The summed E-state index contributed by atoms with van der Waals surface area (Å²) in [5, 5.41) is -0.0250. The summed E-state index contributed by atoms with van der Waals surface area (Å²) in [4.78, 5) is -0.159. The second kappa shape index (κ2) is 7.28. The second-order valence-corrected chi connectivity index (χ2v) is 6.65. The molecule has 2 N–H and O–H groups in total. The quantitative estimate of drug-likeness (QED) is 0.612. The van der Waals surface area contributed by atoms with Gasteiger partial charge < -0.3 is 10.5 Å². The average Bonchev–Trinajstić information content (AvgIpc) is 2.32. The first-order chi connectivity index (χ1) is 9.34. The van der Waals surface area contributed by atoms with E-state index in [0.717, 1.165) is 0 Å². The molecule has 0 aliphatic heterocycles. The summed E-state index contributed by atoms with van der Waals surface area (Å²) in [6.07, 6.45) is 1.48. The van der Waals surface area contributed by atoms with Crippen LogP contribution >= 0.6 is 23.2 Å². The van der Waals surface area contributed by atoms with Gasteiger partial charge in [0.25, 0.3) is 0 Å². The average molecular weight is 339 g/mol. The minimum atomic E-state index is -3.85. The number of nitrogen functional groups attached to an aromatic ring is 1. The van der Waals surface area contributed by atoms with E-state index in [2.05, 4.69) is 6.58 Å². The van der Waals surface area contributed by atoms with E-state index >= 15 is 0 Å². The molecule has 0 spiro atoms. The monoisotopic (exact) mass is 338 g/mol. The Labute approximate surface area is 129 Å². The van der Waals surface area contributed by atoms with Crippen molar-refractivity contribution < 1.29 is 13.2 Å². The van der Waals surface area contributed by atoms with E-state index in [1.807, 2.05) is 0 Å². The Balaban J connectivity index is 3.29. The van der Waals surface area contributed by atoms with Gasteiger partial charge in [-0.3, -0.25) is 0 Å². The fourth-order valence-corrected chi connectivity index (χ4v) is 4.18. The number of nitrogens with zero attached hydrogens (tertiary/aromatic N) is 1. The molecule has 0 atom stereocenters. The van der Waals surface area contributed by atoms with E-state index in [9.17, 15) is 8.42 Å². The molecule has 5 nitrogen and oxygen atoms in total. The highest BCUT2D eigenvalue weighted by Gasteiger charge is 2.28. The first-order valence-corrected chi connectivity index (χ1v) is 7.88. The normalized spacial score (nSPS) is 11.8. The molecule has 0 unspecified atom stereocenters. The molecule has 0 aliphatic carbocycles. The van der Waals surface area contributed by atoms with Gasteiger partial charge in [-0.05, 0) is 12.1 Å². The molecule has 0 saturated heterocycles. The van der Waals surface area contributed by atoms with E-state index in [-0.39, 0.29) is 34.6 Å². The van der Waals surface area contributed by atoms with Crippen molar-refractivity contribution in [1.29, 1.82) is 0 Å². The molecule has 112 valence electrons. The van der Waals surface area contributed by atoms with E-state index < -0.39 is 10.0 Å². The van der Waals surface area contributed by atoms with Gasteiger partial charge in [0.05, 0.1) is 16.7 Å². The van der Waals surface area contributed by atoms with Crippen LogP contribution in [0.3, 0.4) is 0 Å². The van der Waals surface area contributed by atoms with E-state index in [4.69, 9.17) is 33.7 Å². The molecule has 0 heterocycles. The third-order valence-electron chi connectivity index (χ3n) is 2.50. The minimum absolute atomic E-state index is 0.0125. The highest BCUT2D eigenvalue weighted by molar-refractivity contribution is 7.89. The molecule has 1 aromatic rings. The topological polar surface area (TPSA) is 72.6 Å². The Kier molecular flexibility index (Phi) is 6.29. The molecule has 0 aliphatic rings. The Morgan fingerprint density at radius 1 is 1.40 bits per heavy atom. The van der Waals surface area contributed by atoms with Gasteiger partial charge in [-0.15, -0.1) is 6.58 Å². The van der Waals surface area contributed by atoms with Crippen molar-refractivity contribution in [3.05, 3.63) is 34.8 Å². The minimum Gasteiger partial charge on any atom is -0.399 e. The molecule has 8 heteroatoms. The Morgan fingerprint density at radius 2 is 1.95 bits per heavy atom. The third-order valence-corrected chi connectivity index (χ3v) is 5.28. The number of sulfonamides is 1. The second-order valence-electron chi connectivity index (χ2n) is 3.96. The van der Waals surface area contributed by atoms with E-state index in [1.165, 1.54) is 29.6 Å². The van der Waals surface area contributed by atoms with Gasteiger partial charge in [-0.25, -0.2) is 8.42 Å². The van der Waals surface area contributed by atoms with Crippen molar-refractivity contribution in [3.8, 4) is 0 Å². The smallest absolute Gasteiger partial charge is 0.246 e. The van der Waals surface area contributed by atoms with Gasteiger partial charge >= 0.3 is 0 Å². The Bertz CT molecular complexity index is 567. The molecule has 0 saturated carbocycles. The summed E-state index contributed by atoms with van der Waals surface area (Å²) < 4.78 is 31.3. The van der Waals surface area contributed by atoms with Gasteiger partial charge in [0.15, 0.2) is 0 Å². The van der Waals surface area contributed by atoms with Crippen molar-refractivity contribution in [2.45, 2.75) is 4.90 Å². The highest BCUT2D eigenvalue weighted by atomic mass is 35.5. The summed E-state index contributed by atoms with van der Waals surface area (Å²) in [5.41, 5.74) is 5.87. The number of benzene rings is 1. The number of hydrogen-bond donors (Lipinski definition) is 1. The van der Waals surface area contributed by atoms with Crippen molar-refractivity contribution >= 4 is 38.9 Å². The number of ether oxygens (including phenoxy) is 1. The SMILES string of the molecule is C=CCN(CCOC)S(=O)(=O)c1c(Cl)cc(N)cc1Cl. The maximum Gasteiger partial charge on any atom is 0.246 e. The molecule has 0 bridgehead atoms. The first-order valence-electron chi connectivity index (χ1n) is 5.69.